The van der Waals surface area contributed by atoms with Crippen LogP contribution in [0.1, 0.15) is 46.5 Å². The van der Waals surface area contributed by atoms with Crippen molar-refractivity contribution in [1.82, 2.24) is 10.2 Å². The molecule has 0 aromatic carbocycles. The number of hydrogen-bond donors (Lipinski definition) is 1. The maximum Gasteiger partial charge on any atom is 0.389 e. The molecule has 1 heterocycles. The third kappa shape index (κ3) is 6.59. The van der Waals surface area contributed by atoms with Gasteiger partial charge in [0, 0.05) is 24.5 Å². The van der Waals surface area contributed by atoms with Crippen LogP contribution in [0.5, 0.6) is 0 Å². The Balaban J connectivity index is 2.27. The van der Waals surface area contributed by atoms with Crippen molar-refractivity contribution in [3.63, 3.8) is 0 Å². The Hall–Kier alpha value is -0.290. The van der Waals surface area contributed by atoms with Crippen LogP contribution in [0.15, 0.2) is 0 Å². The summed E-state index contributed by atoms with van der Waals surface area (Å²) >= 11 is 0. The van der Waals surface area contributed by atoms with Gasteiger partial charge in [-0.05, 0) is 53.1 Å². The molecule has 0 aromatic heterocycles. The Morgan fingerprint density at radius 3 is 2.44 bits per heavy atom. The summed E-state index contributed by atoms with van der Waals surface area (Å²) in [5.41, 5.74) is 0.0697. The molecule has 1 unspecified atom stereocenters. The van der Waals surface area contributed by atoms with Crippen LogP contribution in [0, 0.1) is 0 Å². The lowest BCUT2D eigenvalue weighted by molar-refractivity contribution is -0.136. The number of alkyl halides is 3. The van der Waals surface area contributed by atoms with E-state index in [-0.39, 0.29) is 12.0 Å². The van der Waals surface area contributed by atoms with Crippen molar-refractivity contribution in [1.29, 1.82) is 0 Å². The number of likely N-dealkylation sites (tertiary alicyclic amines) is 1. The normalized spacial score (nSPS) is 22.7. The lowest BCUT2D eigenvalue weighted by Crippen LogP contribution is -2.45. The van der Waals surface area contributed by atoms with Crippen LogP contribution in [0.3, 0.4) is 0 Å². The molecule has 0 radical (unpaired) electrons. The molecule has 1 rings (SSSR count). The molecule has 1 aliphatic heterocycles. The summed E-state index contributed by atoms with van der Waals surface area (Å²) in [4.78, 5) is 2.20. The SMILES string of the molecule is CC(C)(C)NCC1CCCN1CCCC(F)(F)F. The van der Waals surface area contributed by atoms with Crippen molar-refractivity contribution in [2.24, 2.45) is 0 Å². The molecule has 1 fully saturated rings. The Kier molecular flexibility index (Phi) is 5.46. The quantitative estimate of drug-likeness (QED) is 0.822. The Morgan fingerprint density at radius 1 is 1.22 bits per heavy atom. The second kappa shape index (κ2) is 6.24. The van der Waals surface area contributed by atoms with Gasteiger partial charge in [0.15, 0.2) is 0 Å². The van der Waals surface area contributed by atoms with Crippen molar-refractivity contribution in [2.45, 2.75) is 64.2 Å². The second-order valence-electron chi connectivity index (χ2n) is 6.18. The summed E-state index contributed by atoms with van der Waals surface area (Å²) in [5.74, 6) is 0. The Bertz CT molecular complexity index is 246. The van der Waals surface area contributed by atoms with E-state index >= 15 is 0 Å². The summed E-state index contributed by atoms with van der Waals surface area (Å²) < 4.78 is 36.3. The van der Waals surface area contributed by atoms with E-state index in [1.807, 2.05) is 0 Å². The molecule has 1 saturated heterocycles. The minimum absolute atomic E-state index is 0.0697. The maximum atomic E-state index is 12.1. The molecule has 0 aromatic rings. The fourth-order valence-corrected chi connectivity index (χ4v) is 2.33. The zero-order chi connectivity index (χ0) is 13.8. The first-order valence-corrected chi connectivity index (χ1v) is 6.73. The van der Waals surface area contributed by atoms with Gasteiger partial charge in [-0.15, -0.1) is 0 Å². The van der Waals surface area contributed by atoms with Crippen LogP contribution < -0.4 is 5.32 Å². The molecule has 1 atom stereocenters. The summed E-state index contributed by atoms with van der Waals surface area (Å²) in [5, 5.41) is 3.44. The second-order valence-corrected chi connectivity index (χ2v) is 6.18. The minimum atomic E-state index is -4.01. The third-order valence-electron chi connectivity index (χ3n) is 3.27. The van der Waals surface area contributed by atoms with Crippen LogP contribution in [-0.2, 0) is 0 Å². The molecule has 0 aliphatic carbocycles. The van der Waals surface area contributed by atoms with Crippen molar-refractivity contribution in [3.05, 3.63) is 0 Å². The van der Waals surface area contributed by atoms with Gasteiger partial charge in [-0.2, -0.15) is 13.2 Å². The van der Waals surface area contributed by atoms with Crippen molar-refractivity contribution in [2.75, 3.05) is 19.6 Å². The first-order chi connectivity index (χ1) is 8.17. The summed E-state index contributed by atoms with van der Waals surface area (Å²) in [6.45, 7) is 8.70. The van der Waals surface area contributed by atoms with E-state index < -0.39 is 12.6 Å². The van der Waals surface area contributed by atoms with Gasteiger partial charge < -0.3 is 5.32 Å². The lowest BCUT2D eigenvalue weighted by atomic mass is 10.1. The number of rotatable bonds is 5. The molecule has 1 aliphatic rings. The van der Waals surface area contributed by atoms with E-state index in [0.717, 1.165) is 25.9 Å². The first kappa shape index (κ1) is 15.8. The fraction of sp³-hybridized carbons (Fsp3) is 1.00. The third-order valence-corrected chi connectivity index (χ3v) is 3.27. The summed E-state index contributed by atoms with van der Waals surface area (Å²) in [6, 6.07) is 0.400. The van der Waals surface area contributed by atoms with Crippen LogP contribution in [0.25, 0.3) is 0 Å². The Labute approximate surface area is 108 Å². The Morgan fingerprint density at radius 2 is 1.89 bits per heavy atom. The number of nitrogens with zero attached hydrogens (tertiary/aromatic N) is 1. The largest absolute Gasteiger partial charge is 0.389 e. The van der Waals surface area contributed by atoms with Crippen LogP contribution in [-0.4, -0.2) is 42.3 Å². The predicted molar refractivity (Wildman–Crippen MR) is 67.6 cm³/mol. The van der Waals surface area contributed by atoms with Gasteiger partial charge in [0.25, 0.3) is 0 Å². The van der Waals surface area contributed by atoms with Gasteiger partial charge in [0.05, 0.1) is 0 Å². The monoisotopic (exact) mass is 266 g/mol. The van der Waals surface area contributed by atoms with E-state index in [2.05, 4.69) is 31.0 Å². The average molecular weight is 266 g/mol. The average Bonchev–Trinajstić information content (AvgIpc) is 2.59. The highest BCUT2D eigenvalue weighted by molar-refractivity contribution is 4.83. The molecule has 0 amide bonds. The van der Waals surface area contributed by atoms with Gasteiger partial charge in [0.1, 0.15) is 0 Å². The number of halogens is 3. The van der Waals surface area contributed by atoms with Crippen molar-refractivity contribution in [3.8, 4) is 0 Å². The zero-order valence-corrected chi connectivity index (χ0v) is 11.6. The van der Waals surface area contributed by atoms with E-state index in [1.54, 1.807) is 0 Å². The van der Waals surface area contributed by atoms with E-state index in [1.165, 1.54) is 0 Å². The lowest BCUT2D eigenvalue weighted by Gasteiger charge is -2.29. The predicted octanol–water partition coefficient (Wildman–Crippen LogP) is 3.18. The van der Waals surface area contributed by atoms with E-state index in [9.17, 15) is 13.2 Å². The number of hydrogen-bond acceptors (Lipinski definition) is 2. The van der Waals surface area contributed by atoms with Crippen LogP contribution in [0.4, 0.5) is 13.2 Å². The molecule has 0 spiro atoms. The molecule has 1 N–H and O–H groups in total. The van der Waals surface area contributed by atoms with Crippen LogP contribution >= 0.6 is 0 Å². The van der Waals surface area contributed by atoms with Crippen LogP contribution in [0.2, 0.25) is 0 Å². The number of nitrogens with one attached hydrogen (secondary N) is 1. The summed E-state index contributed by atoms with van der Waals surface area (Å²) in [6.07, 6.45) is -2.27. The first-order valence-electron chi connectivity index (χ1n) is 6.73. The van der Waals surface area contributed by atoms with Gasteiger partial charge >= 0.3 is 6.18 Å². The van der Waals surface area contributed by atoms with Gasteiger partial charge in [-0.1, -0.05) is 0 Å². The van der Waals surface area contributed by atoms with E-state index in [0.29, 0.717) is 12.6 Å². The smallest absolute Gasteiger partial charge is 0.311 e. The van der Waals surface area contributed by atoms with E-state index in [4.69, 9.17) is 0 Å². The van der Waals surface area contributed by atoms with Crippen molar-refractivity contribution >= 4 is 0 Å². The standard InChI is InChI=1S/C13H25F3N2/c1-12(2,3)17-10-11-6-4-8-18(11)9-5-7-13(14,15)16/h11,17H,4-10H2,1-3H3. The van der Waals surface area contributed by atoms with Gasteiger partial charge in [-0.3, -0.25) is 4.90 Å². The molecular weight excluding hydrogens is 241 g/mol. The van der Waals surface area contributed by atoms with Gasteiger partial charge in [-0.25, -0.2) is 0 Å². The highest BCUT2D eigenvalue weighted by Gasteiger charge is 2.29. The summed E-state index contributed by atoms with van der Waals surface area (Å²) in [7, 11) is 0. The van der Waals surface area contributed by atoms with Gasteiger partial charge in [0.2, 0.25) is 0 Å². The topological polar surface area (TPSA) is 15.3 Å². The highest BCUT2D eigenvalue weighted by Crippen LogP contribution is 2.23. The molecule has 18 heavy (non-hydrogen) atoms. The molecular formula is C13H25F3N2. The fourth-order valence-electron chi connectivity index (χ4n) is 2.33. The maximum absolute atomic E-state index is 12.1. The minimum Gasteiger partial charge on any atom is -0.311 e. The molecule has 0 bridgehead atoms. The molecule has 2 nitrogen and oxygen atoms in total. The highest BCUT2D eigenvalue weighted by atomic mass is 19.4. The molecule has 0 saturated carbocycles. The zero-order valence-electron chi connectivity index (χ0n) is 11.6. The molecule has 108 valence electrons. The molecule has 5 heteroatoms. The van der Waals surface area contributed by atoms with Crippen molar-refractivity contribution < 1.29 is 13.2 Å².